The number of aliphatic carboxylic acids is 4. The summed E-state index contributed by atoms with van der Waals surface area (Å²) in [4.78, 5) is 121. The van der Waals surface area contributed by atoms with Gasteiger partial charge < -0.3 is 58.3 Å². The molecule has 0 spiro atoms. The number of ketones is 1. The summed E-state index contributed by atoms with van der Waals surface area (Å²) in [6, 6.07) is 4.73. The number of fused-ring (bicyclic) bond motifs is 11. The number of nitrogens with one attached hydrogen (secondary N) is 3. The molecule has 1 aromatic rings. The number of hydrogen-bond donors (Lipinski definition) is 10. The molecule has 0 fully saturated rings. The second-order valence-electron chi connectivity index (χ2n) is 16.8. The fraction of sp³-hybridized carbons (Fsp3) is 0.628. The number of aliphatic imine (C=N–C) groups is 1. The van der Waals surface area contributed by atoms with Crippen LogP contribution in [-0.4, -0.2) is 185 Å². The minimum Gasteiger partial charge on any atom is -0.494 e. The predicted octanol–water partition coefficient (Wildman–Crippen LogP) is -2.10. The second-order valence-corrected chi connectivity index (χ2v) is 16.8. The van der Waals surface area contributed by atoms with Gasteiger partial charge in [0.15, 0.2) is 11.7 Å². The monoisotopic (exact) mass is 948 g/mol. The first kappa shape index (κ1) is 56.7. The Labute approximate surface area is 389 Å². The van der Waals surface area contributed by atoms with Crippen molar-refractivity contribution in [1.29, 1.82) is 0 Å². The number of ether oxygens (including phenoxy) is 1. The van der Waals surface area contributed by atoms with E-state index in [2.05, 4.69) is 20.9 Å². The van der Waals surface area contributed by atoms with E-state index in [0.717, 1.165) is 9.80 Å². The second kappa shape index (κ2) is 30.0. The van der Waals surface area contributed by atoms with Crippen molar-refractivity contribution < 1.29 is 68.3 Å². The Hall–Kier alpha value is -6.40. The van der Waals surface area contributed by atoms with Crippen LogP contribution in [0.4, 0.5) is 0 Å². The Morgan fingerprint density at radius 2 is 1.36 bits per heavy atom. The van der Waals surface area contributed by atoms with Crippen LogP contribution in [0.1, 0.15) is 64.4 Å². The highest BCUT2D eigenvalue weighted by Crippen LogP contribution is 2.26. The molecule has 0 radical (unpaired) electrons. The number of rotatable bonds is 30. The first-order valence-electron chi connectivity index (χ1n) is 22.1. The molecule has 2 aliphatic rings. The number of carboxylic acids is 4. The van der Waals surface area contributed by atoms with Crippen molar-refractivity contribution in [2.24, 2.45) is 39.9 Å². The Morgan fingerprint density at radius 3 is 1.87 bits per heavy atom. The summed E-state index contributed by atoms with van der Waals surface area (Å²) in [6.45, 7) is 1.11. The minimum absolute atomic E-state index is 0.00134. The van der Waals surface area contributed by atoms with E-state index in [4.69, 9.17) is 21.9 Å². The van der Waals surface area contributed by atoms with Crippen molar-refractivity contribution in [2.75, 3.05) is 78.6 Å². The zero-order valence-corrected chi connectivity index (χ0v) is 38.2. The van der Waals surface area contributed by atoms with Crippen LogP contribution < -0.4 is 37.9 Å². The van der Waals surface area contributed by atoms with Gasteiger partial charge in [0.25, 0.3) is 0 Å². The van der Waals surface area contributed by atoms with Gasteiger partial charge in [-0.1, -0.05) is 26.0 Å². The highest BCUT2D eigenvalue weighted by atomic mass is 16.5. The number of nitrogens with zero attached hydrogens (tertiary/aromatic N) is 4. The molecular weight excluding hydrogens is 881 g/mol. The fourth-order valence-corrected chi connectivity index (χ4v) is 7.48. The molecule has 2 heterocycles. The molecule has 67 heavy (non-hydrogen) atoms. The van der Waals surface area contributed by atoms with Crippen molar-refractivity contribution in [3.8, 4) is 5.75 Å². The van der Waals surface area contributed by atoms with Gasteiger partial charge in [0.05, 0.1) is 45.4 Å². The molecule has 0 aliphatic carbocycles. The van der Waals surface area contributed by atoms with Crippen molar-refractivity contribution >= 4 is 59.2 Å². The number of hydrogen-bond acceptors (Lipinski definition) is 14. The molecule has 1 aromatic carbocycles. The number of guanidine groups is 1. The van der Waals surface area contributed by atoms with Crippen LogP contribution >= 0.6 is 0 Å². The van der Waals surface area contributed by atoms with Gasteiger partial charge in [-0.15, -0.1) is 0 Å². The maximum atomic E-state index is 14.2. The van der Waals surface area contributed by atoms with Crippen LogP contribution in [0.25, 0.3) is 0 Å². The van der Waals surface area contributed by atoms with Gasteiger partial charge in [-0.05, 0) is 62.1 Å². The molecule has 24 nitrogen and oxygen atoms in total. The summed E-state index contributed by atoms with van der Waals surface area (Å²) < 4.78 is 5.85. The standard InChI is InChI=1S/C43H68N10O14/c1-27(2)20-31-30(40(44)64)6-5-19-67-29-11-9-28(10-12-29)21-33(50-41(31)65)42(66)49-32(7-3-14-48-43(45)46)34(54)8-4-13-47-35(55)22-51(15-17-52(23-36(56)57)24-37(58)59)16-18-53(25-38(60)61)26-39(62)63/h9-12,27,30-33H,3-8,13-26H2,1-2H3,(H2,44,64)(H,47,55)(H,49,66)(H,50,65)(H,56,57)(H,58,59)(H,60,61)(H,62,63)(H4,45,46,48)/t30-,31+,32-,33-/m0/s1. The van der Waals surface area contributed by atoms with E-state index in [-0.39, 0.29) is 96.2 Å². The average Bonchev–Trinajstić information content (AvgIpc) is 3.22. The molecule has 4 amide bonds. The minimum atomic E-state index is -1.29. The topological polar surface area (TPSA) is 380 Å². The molecular formula is C43H68N10O14. The van der Waals surface area contributed by atoms with E-state index >= 15 is 0 Å². The molecule has 374 valence electrons. The van der Waals surface area contributed by atoms with Gasteiger partial charge in [0.2, 0.25) is 23.6 Å². The van der Waals surface area contributed by atoms with Crippen LogP contribution in [0.2, 0.25) is 0 Å². The molecule has 0 saturated heterocycles. The van der Waals surface area contributed by atoms with E-state index in [9.17, 15) is 63.6 Å². The zero-order chi connectivity index (χ0) is 50.1. The van der Waals surface area contributed by atoms with Gasteiger partial charge in [-0.25, -0.2) is 0 Å². The molecule has 13 N–H and O–H groups in total. The molecule has 0 saturated carbocycles. The first-order chi connectivity index (χ1) is 31.6. The van der Waals surface area contributed by atoms with Gasteiger partial charge in [-0.2, -0.15) is 0 Å². The van der Waals surface area contributed by atoms with Gasteiger partial charge in [-0.3, -0.25) is 62.8 Å². The van der Waals surface area contributed by atoms with E-state index in [1.807, 2.05) is 13.8 Å². The molecule has 0 unspecified atom stereocenters. The van der Waals surface area contributed by atoms with Crippen LogP contribution in [0.15, 0.2) is 29.3 Å². The van der Waals surface area contributed by atoms with E-state index in [0.29, 0.717) is 30.8 Å². The van der Waals surface area contributed by atoms with Crippen LogP contribution in [0, 0.1) is 17.8 Å². The molecule has 2 aliphatic heterocycles. The third kappa shape index (κ3) is 24.1. The van der Waals surface area contributed by atoms with Gasteiger partial charge >= 0.3 is 23.9 Å². The molecule has 2 bridgehead atoms. The number of carbonyl (C=O) groups excluding carboxylic acids is 5. The normalized spacial score (nSPS) is 16.9. The lowest BCUT2D eigenvalue weighted by Crippen LogP contribution is -2.54. The lowest BCUT2D eigenvalue weighted by molar-refractivity contribution is -0.143. The Kier molecular flexibility index (Phi) is 25.4. The maximum Gasteiger partial charge on any atom is 0.317 e. The summed E-state index contributed by atoms with van der Waals surface area (Å²) in [5, 5.41) is 45.3. The van der Waals surface area contributed by atoms with Crippen molar-refractivity contribution in [3.63, 3.8) is 0 Å². The lowest BCUT2D eigenvalue weighted by atomic mass is 9.81. The van der Waals surface area contributed by atoms with Gasteiger partial charge in [0, 0.05) is 63.9 Å². The average molecular weight is 949 g/mol. The third-order valence-electron chi connectivity index (χ3n) is 10.7. The Morgan fingerprint density at radius 1 is 0.806 bits per heavy atom. The number of nitrogens with two attached hydrogens (primary N) is 3. The number of benzene rings is 1. The Bertz CT molecular complexity index is 1790. The van der Waals surface area contributed by atoms with Crippen molar-refractivity contribution in [2.45, 2.75) is 77.3 Å². The largest absolute Gasteiger partial charge is 0.494 e. The quantitative estimate of drug-likeness (QED) is 0.0224. The third-order valence-corrected chi connectivity index (χ3v) is 10.7. The smallest absolute Gasteiger partial charge is 0.317 e. The van der Waals surface area contributed by atoms with E-state index in [1.54, 1.807) is 24.3 Å². The first-order valence-corrected chi connectivity index (χ1v) is 22.1. The van der Waals surface area contributed by atoms with E-state index in [1.165, 1.54) is 4.90 Å². The number of Topliss-reactive ketones (excluding diaryl/α,β-unsaturated/α-hetero) is 1. The highest BCUT2D eigenvalue weighted by Gasteiger charge is 2.36. The van der Waals surface area contributed by atoms with Crippen molar-refractivity contribution in [1.82, 2.24) is 30.7 Å². The van der Waals surface area contributed by atoms with Gasteiger partial charge in [0.1, 0.15) is 11.8 Å². The molecule has 3 rings (SSSR count). The molecule has 24 heteroatoms. The molecule has 0 aromatic heterocycles. The van der Waals surface area contributed by atoms with Crippen LogP contribution in [0.3, 0.4) is 0 Å². The highest BCUT2D eigenvalue weighted by molar-refractivity contribution is 5.94. The summed E-state index contributed by atoms with van der Waals surface area (Å²) in [7, 11) is 0. The zero-order valence-electron chi connectivity index (χ0n) is 38.2. The van der Waals surface area contributed by atoms with Crippen molar-refractivity contribution in [3.05, 3.63) is 29.8 Å². The van der Waals surface area contributed by atoms with E-state index < -0.39 is 103 Å². The Balaban J connectivity index is 2.25. The maximum absolute atomic E-state index is 14.2. The summed E-state index contributed by atoms with van der Waals surface area (Å²) in [5.74, 6) is -9.21. The number of amides is 4. The summed E-state index contributed by atoms with van der Waals surface area (Å²) >= 11 is 0. The summed E-state index contributed by atoms with van der Waals surface area (Å²) in [5.41, 5.74) is 17.5. The predicted molar refractivity (Wildman–Crippen MR) is 241 cm³/mol. The number of primary amides is 1. The summed E-state index contributed by atoms with van der Waals surface area (Å²) in [6.07, 6.45) is 1.46. The number of carbonyl (C=O) groups is 9. The molecule has 4 atom stereocenters. The SMILES string of the molecule is CC(C)C[C@H]1C(=O)N[C@H](C(=O)N[C@@H](CCCN=C(N)N)C(=O)CCCNC(=O)CN(CCN(CC(=O)O)CC(=O)O)CCN(CC(=O)O)CC(=O)O)Cc2ccc(cc2)OCCC[C@@H]1C(N)=O. The lowest BCUT2D eigenvalue weighted by Gasteiger charge is -2.29. The fourth-order valence-electron chi connectivity index (χ4n) is 7.48. The van der Waals surface area contributed by atoms with Crippen LogP contribution in [0.5, 0.6) is 5.75 Å². The van der Waals surface area contributed by atoms with Crippen LogP contribution in [-0.2, 0) is 49.6 Å². The number of carboxylic acid groups (broad SMARTS) is 4.